The van der Waals surface area contributed by atoms with Crippen molar-refractivity contribution in [3.63, 3.8) is 0 Å². The molecule has 0 amide bonds. The largest absolute Gasteiger partial charge is 0.462 e. The monoisotopic (exact) mass is 1120 g/mol. The molecule has 0 saturated heterocycles. The fraction of sp³-hybridized carbons (Fsp3) is 0.693. The van der Waals surface area contributed by atoms with Crippen LogP contribution in [0.2, 0.25) is 0 Å². The summed E-state index contributed by atoms with van der Waals surface area (Å²) in [7, 11) is 0. The van der Waals surface area contributed by atoms with Gasteiger partial charge in [0.05, 0.1) is 0 Å². The average molecular weight is 1120 g/mol. The predicted molar refractivity (Wildman–Crippen MR) is 353 cm³/mol. The maximum Gasteiger partial charge on any atom is 0.306 e. The van der Waals surface area contributed by atoms with E-state index in [1.807, 2.05) is 0 Å². The Hall–Kier alpha value is -4.19. The molecule has 0 fully saturated rings. The Morgan fingerprint density at radius 2 is 0.494 bits per heavy atom. The van der Waals surface area contributed by atoms with Crippen molar-refractivity contribution in [1.29, 1.82) is 0 Å². The van der Waals surface area contributed by atoms with E-state index < -0.39 is 6.10 Å². The predicted octanol–water partition coefficient (Wildman–Crippen LogP) is 23.6. The minimum atomic E-state index is -0.810. The van der Waals surface area contributed by atoms with Crippen LogP contribution in [0.5, 0.6) is 0 Å². The van der Waals surface area contributed by atoms with Gasteiger partial charge in [-0.3, -0.25) is 14.4 Å². The topological polar surface area (TPSA) is 78.9 Å². The van der Waals surface area contributed by atoms with E-state index in [1.54, 1.807) is 0 Å². The van der Waals surface area contributed by atoms with Gasteiger partial charge >= 0.3 is 17.9 Å². The van der Waals surface area contributed by atoms with Crippen LogP contribution < -0.4 is 0 Å². The molecule has 0 aliphatic heterocycles. The standard InChI is InChI=1S/C75H126O6/c1-4-7-10-13-16-19-22-25-28-31-33-35-37-39-41-44-47-50-53-56-59-62-65-68-74(77)80-71-72(70-79-73(76)67-64-61-58-55-52-49-46-43-30-27-24-21-18-15-12-9-6-3)81-75(78)69-66-63-60-57-54-51-48-45-42-40-38-36-34-32-29-26-23-20-17-14-11-8-5-2/h7,10,16,19,23,25-28,30,32-35,39,41,47,50,56,59,72H,4-6,8-9,11-15,17-18,20-22,24,29,31,36-38,40,42-46,48-49,51-55,57-58,60-71H2,1-3H3/b10-7-,19-16-,26-23-,28-25-,30-27-,34-32-,35-33-,41-39-,50-47-,59-56-. The van der Waals surface area contributed by atoms with E-state index in [-0.39, 0.29) is 37.5 Å². The third kappa shape index (κ3) is 66.5. The molecule has 0 bridgehead atoms. The quantitative estimate of drug-likeness (QED) is 0.0261. The number of hydrogen-bond acceptors (Lipinski definition) is 6. The van der Waals surface area contributed by atoms with E-state index >= 15 is 0 Å². The zero-order valence-electron chi connectivity index (χ0n) is 53.0. The van der Waals surface area contributed by atoms with Crippen molar-refractivity contribution >= 4 is 17.9 Å². The van der Waals surface area contributed by atoms with Gasteiger partial charge in [-0.15, -0.1) is 0 Å². The molecular formula is C75H126O6. The highest BCUT2D eigenvalue weighted by Gasteiger charge is 2.19. The number of rotatable bonds is 61. The maximum absolute atomic E-state index is 13.0. The Morgan fingerprint density at radius 3 is 0.815 bits per heavy atom. The number of esters is 3. The first-order valence-corrected chi connectivity index (χ1v) is 34.0. The Morgan fingerprint density at radius 1 is 0.259 bits per heavy atom. The number of unbranched alkanes of at least 4 members (excludes halogenated alkanes) is 30. The summed E-state index contributed by atoms with van der Waals surface area (Å²) in [4.78, 5) is 38.4. The smallest absolute Gasteiger partial charge is 0.306 e. The van der Waals surface area contributed by atoms with Crippen LogP contribution in [0.3, 0.4) is 0 Å². The van der Waals surface area contributed by atoms with E-state index in [0.29, 0.717) is 19.3 Å². The van der Waals surface area contributed by atoms with E-state index in [9.17, 15) is 14.4 Å². The van der Waals surface area contributed by atoms with Crippen molar-refractivity contribution in [2.24, 2.45) is 0 Å². The lowest BCUT2D eigenvalue weighted by Crippen LogP contribution is -2.30. The van der Waals surface area contributed by atoms with Gasteiger partial charge in [-0.25, -0.2) is 0 Å². The molecule has 0 spiro atoms. The summed E-state index contributed by atoms with van der Waals surface area (Å²) < 4.78 is 16.9. The summed E-state index contributed by atoms with van der Waals surface area (Å²) in [5.74, 6) is -0.960. The first kappa shape index (κ1) is 76.8. The van der Waals surface area contributed by atoms with Crippen LogP contribution in [0, 0.1) is 0 Å². The van der Waals surface area contributed by atoms with Gasteiger partial charge in [-0.05, 0) is 128 Å². The lowest BCUT2D eigenvalue weighted by atomic mass is 10.0. The van der Waals surface area contributed by atoms with Crippen LogP contribution in [-0.4, -0.2) is 37.2 Å². The van der Waals surface area contributed by atoms with Crippen LogP contribution in [0.15, 0.2) is 122 Å². The van der Waals surface area contributed by atoms with Crippen molar-refractivity contribution in [2.45, 2.75) is 322 Å². The van der Waals surface area contributed by atoms with Crippen LogP contribution in [-0.2, 0) is 28.6 Å². The molecule has 0 aliphatic rings. The zero-order valence-corrected chi connectivity index (χ0v) is 53.0. The summed E-state index contributed by atoms with van der Waals surface area (Å²) in [6.07, 6.45) is 95.0. The molecule has 6 heteroatoms. The molecule has 0 rings (SSSR count). The fourth-order valence-electron chi connectivity index (χ4n) is 9.34. The molecule has 6 nitrogen and oxygen atoms in total. The van der Waals surface area contributed by atoms with Gasteiger partial charge in [0.15, 0.2) is 6.10 Å². The molecule has 81 heavy (non-hydrogen) atoms. The Bertz CT molecular complexity index is 1670. The minimum absolute atomic E-state index is 0.100. The third-order valence-corrected chi connectivity index (χ3v) is 14.4. The number of carbonyl (C=O) groups is 3. The molecular weight excluding hydrogens is 997 g/mol. The van der Waals surface area contributed by atoms with Crippen molar-refractivity contribution in [3.05, 3.63) is 122 Å². The van der Waals surface area contributed by atoms with E-state index in [2.05, 4.69) is 142 Å². The first-order chi connectivity index (χ1) is 40.0. The van der Waals surface area contributed by atoms with Gasteiger partial charge in [0.25, 0.3) is 0 Å². The average Bonchev–Trinajstić information content (AvgIpc) is 3.47. The summed E-state index contributed by atoms with van der Waals surface area (Å²) >= 11 is 0. The van der Waals surface area contributed by atoms with Crippen LogP contribution >= 0.6 is 0 Å². The molecule has 0 aromatic heterocycles. The second-order valence-corrected chi connectivity index (χ2v) is 22.3. The van der Waals surface area contributed by atoms with Gasteiger partial charge in [-0.2, -0.15) is 0 Å². The first-order valence-electron chi connectivity index (χ1n) is 34.0. The minimum Gasteiger partial charge on any atom is -0.462 e. The summed E-state index contributed by atoms with van der Waals surface area (Å²) in [5, 5.41) is 0. The van der Waals surface area contributed by atoms with E-state index in [4.69, 9.17) is 14.2 Å². The van der Waals surface area contributed by atoms with Gasteiger partial charge in [0, 0.05) is 19.3 Å². The highest BCUT2D eigenvalue weighted by Crippen LogP contribution is 2.16. The van der Waals surface area contributed by atoms with Gasteiger partial charge in [0.1, 0.15) is 13.2 Å². The molecule has 0 aromatic carbocycles. The maximum atomic E-state index is 13.0. The van der Waals surface area contributed by atoms with Crippen molar-refractivity contribution in [1.82, 2.24) is 0 Å². The SMILES string of the molecule is CC/C=C\C/C=C\C/C=C\C/C=C\C/C=C\C/C=C\C/C=C\CCCC(=O)OCC(COC(=O)CCCCCCCCC/C=C\CCCCCCCC)OC(=O)CCCCCCCCCCCCC/C=C\C/C=C\CCCCCCC. The molecule has 462 valence electrons. The molecule has 1 atom stereocenters. The number of ether oxygens (including phenoxy) is 3. The van der Waals surface area contributed by atoms with Crippen LogP contribution in [0.25, 0.3) is 0 Å². The molecule has 0 aliphatic carbocycles. The summed E-state index contributed by atoms with van der Waals surface area (Å²) in [6, 6.07) is 0. The molecule has 0 N–H and O–H groups in total. The Kier molecular flexibility index (Phi) is 64.8. The Labute approximate surface area is 501 Å². The molecule has 0 heterocycles. The van der Waals surface area contributed by atoms with E-state index in [1.165, 1.54) is 173 Å². The van der Waals surface area contributed by atoms with Gasteiger partial charge in [-0.1, -0.05) is 290 Å². The van der Waals surface area contributed by atoms with Gasteiger partial charge in [0.2, 0.25) is 0 Å². The lowest BCUT2D eigenvalue weighted by Gasteiger charge is -2.18. The fourth-order valence-corrected chi connectivity index (χ4v) is 9.34. The van der Waals surface area contributed by atoms with Crippen LogP contribution in [0.4, 0.5) is 0 Å². The molecule has 0 aromatic rings. The highest BCUT2D eigenvalue weighted by molar-refractivity contribution is 5.71. The van der Waals surface area contributed by atoms with Crippen molar-refractivity contribution in [3.8, 4) is 0 Å². The summed E-state index contributed by atoms with van der Waals surface area (Å²) in [5.41, 5.74) is 0. The zero-order chi connectivity index (χ0) is 58.5. The third-order valence-electron chi connectivity index (χ3n) is 14.4. The Balaban J connectivity index is 4.48. The second kappa shape index (κ2) is 68.3. The number of carbonyl (C=O) groups excluding carboxylic acids is 3. The summed E-state index contributed by atoms with van der Waals surface area (Å²) in [6.45, 7) is 6.49. The van der Waals surface area contributed by atoms with Gasteiger partial charge < -0.3 is 14.2 Å². The number of hydrogen-bond donors (Lipinski definition) is 0. The number of allylic oxidation sites excluding steroid dienone is 20. The molecule has 1 unspecified atom stereocenters. The van der Waals surface area contributed by atoms with Crippen molar-refractivity contribution < 1.29 is 28.6 Å². The second-order valence-electron chi connectivity index (χ2n) is 22.3. The van der Waals surface area contributed by atoms with Crippen molar-refractivity contribution in [2.75, 3.05) is 13.2 Å². The lowest BCUT2D eigenvalue weighted by molar-refractivity contribution is -0.167. The highest BCUT2D eigenvalue weighted by atomic mass is 16.6. The molecule has 0 radical (unpaired) electrons. The normalized spacial score (nSPS) is 12.9. The van der Waals surface area contributed by atoms with Crippen LogP contribution in [0.1, 0.15) is 316 Å². The molecule has 0 saturated carbocycles. The van der Waals surface area contributed by atoms with E-state index in [0.717, 1.165) is 96.3 Å².